The van der Waals surface area contributed by atoms with Crippen molar-refractivity contribution in [3.63, 3.8) is 0 Å². The SMILES string of the molecule is C1=C(c2ccc3c(c2)oc2ccccc23)N=C(c2cccc(-n3c4ccccc4c4ccccc43)c2)NC1c1cccc(-c2ccccc2)c1. The summed E-state index contributed by atoms with van der Waals surface area (Å²) < 4.78 is 8.66. The fourth-order valence-electron chi connectivity index (χ4n) is 7.45. The lowest BCUT2D eigenvalue weighted by Gasteiger charge is -2.25. The Morgan fingerprint density at radius 2 is 1.14 bits per heavy atom. The third-order valence-corrected chi connectivity index (χ3v) is 9.83. The minimum absolute atomic E-state index is 0.107. The number of fused-ring (bicyclic) bond motifs is 6. The number of aliphatic imine (C=N–C) groups is 1. The standard InChI is InChI=1S/C46H31N3O/c1-2-12-30(13-3-1)31-14-10-15-32(26-31)40-29-41(33-24-25-39-38-20-6-9-23-44(38)50-45(39)28-33)48-46(47-40)34-16-11-17-35(27-34)49-42-21-7-4-18-36(42)37-19-5-8-22-43(37)49/h1-29,40H,(H,47,48). The molecule has 0 saturated carbocycles. The van der Waals surface area contributed by atoms with Crippen LogP contribution in [0.15, 0.2) is 185 Å². The Morgan fingerprint density at radius 3 is 1.96 bits per heavy atom. The molecule has 0 spiro atoms. The van der Waals surface area contributed by atoms with Gasteiger partial charge >= 0.3 is 0 Å². The van der Waals surface area contributed by atoms with E-state index in [1.807, 2.05) is 12.1 Å². The van der Waals surface area contributed by atoms with Crippen molar-refractivity contribution in [1.29, 1.82) is 0 Å². The Balaban J connectivity index is 1.12. The molecule has 4 heteroatoms. The molecule has 7 aromatic carbocycles. The number of para-hydroxylation sites is 3. The van der Waals surface area contributed by atoms with Crippen molar-refractivity contribution in [2.24, 2.45) is 4.99 Å². The van der Waals surface area contributed by atoms with Gasteiger partial charge in [-0.25, -0.2) is 4.99 Å². The fourth-order valence-corrected chi connectivity index (χ4v) is 7.45. The smallest absolute Gasteiger partial charge is 0.136 e. The summed E-state index contributed by atoms with van der Waals surface area (Å²) in [5, 5.41) is 8.52. The number of aromatic nitrogens is 1. The second-order valence-corrected chi connectivity index (χ2v) is 12.9. The van der Waals surface area contributed by atoms with E-state index in [1.54, 1.807) is 0 Å². The van der Waals surface area contributed by atoms with E-state index in [0.29, 0.717) is 0 Å². The van der Waals surface area contributed by atoms with Gasteiger partial charge in [0.1, 0.15) is 17.0 Å². The van der Waals surface area contributed by atoms with Crippen molar-refractivity contribution in [2.75, 3.05) is 0 Å². The molecule has 0 bridgehead atoms. The molecule has 0 saturated heterocycles. The lowest BCUT2D eigenvalue weighted by Crippen LogP contribution is -2.31. The summed E-state index contributed by atoms with van der Waals surface area (Å²) >= 11 is 0. The minimum Gasteiger partial charge on any atom is -0.456 e. The van der Waals surface area contributed by atoms with Crippen LogP contribution in [-0.4, -0.2) is 10.4 Å². The number of furan rings is 1. The van der Waals surface area contributed by atoms with Crippen LogP contribution < -0.4 is 5.32 Å². The van der Waals surface area contributed by atoms with Crippen molar-refractivity contribution in [2.45, 2.75) is 6.04 Å². The van der Waals surface area contributed by atoms with Crippen molar-refractivity contribution >= 4 is 55.3 Å². The lowest BCUT2D eigenvalue weighted by atomic mass is 9.96. The predicted octanol–water partition coefficient (Wildman–Crippen LogP) is 11.5. The maximum atomic E-state index is 6.30. The Labute approximate surface area is 289 Å². The first kappa shape index (κ1) is 28.4. The van der Waals surface area contributed by atoms with E-state index in [0.717, 1.165) is 50.3 Å². The molecule has 236 valence electrons. The van der Waals surface area contributed by atoms with Crippen LogP contribution in [0.3, 0.4) is 0 Å². The van der Waals surface area contributed by atoms with Gasteiger partial charge in [0.05, 0.1) is 22.8 Å². The van der Waals surface area contributed by atoms with E-state index in [9.17, 15) is 0 Å². The highest BCUT2D eigenvalue weighted by atomic mass is 16.3. The maximum Gasteiger partial charge on any atom is 0.136 e. The first-order valence-electron chi connectivity index (χ1n) is 17.0. The summed E-state index contributed by atoms with van der Waals surface area (Å²) in [6.07, 6.45) is 2.23. The zero-order valence-corrected chi connectivity index (χ0v) is 27.1. The molecule has 9 aromatic rings. The molecule has 1 aliphatic heterocycles. The number of amidine groups is 1. The molecular weight excluding hydrogens is 611 g/mol. The van der Waals surface area contributed by atoms with E-state index in [4.69, 9.17) is 9.41 Å². The van der Waals surface area contributed by atoms with Gasteiger partial charge in [-0.15, -0.1) is 0 Å². The predicted molar refractivity (Wildman–Crippen MR) is 207 cm³/mol. The summed E-state index contributed by atoms with van der Waals surface area (Å²) in [7, 11) is 0. The molecule has 4 nitrogen and oxygen atoms in total. The van der Waals surface area contributed by atoms with Crippen LogP contribution in [0.5, 0.6) is 0 Å². The second-order valence-electron chi connectivity index (χ2n) is 12.9. The van der Waals surface area contributed by atoms with Gasteiger partial charge in [0, 0.05) is 38.4 Å². The van der Waals surface area contributed by atoms with Gasteiger partial charge in [0.15, 0.2) is 0 Å². The number of hydrogen-bond donors (Lipinski definition) is 1. The molecule has 1 N–H and O–H groups in total. The summed E-state index contributed by atoms with van der Waals surface area (Å²) in [5.74, 6) is 0.824. The molecule has 50 heavy (non-hydrogen) atoms. The molecule has 3 heterocycles. The van der Waals surface area contributed by atoms with Crippen molar-refractivity contribution in [3.8, 4) is 16.8 Å². The van der Waals surface area contributed by atoms with E-state index in [2.05, 4.69) is 174 Å². The van der Waals surface area contributed by atoms with Gasteiger partial charge < -0.3 is 14.3 Å². The summed E-state index contributed by atoms with van der Waals surface area (Å²) in [6.45, 7) is 0. The molecule has 0 fully saturated rings. The van der Waals surface area contributed by atoms with Crippen LogP contribution in [0.2, 0.25) is 0 Å². The van der Waals surface area contributed by atoms with Crippen LogP contribution in [0.1, 0.15) is 22.7 Å². The minimum atomic E-state index is -0.107. The third kappa shape index (κ3) is 4.73. The monoisotopic (exact) mass is 641 g/mol. The molecule has 1 unspecified atom stereocenters. The Hall–Kier alpha value is -6.65. The molecular formula is C46H31N3O. The van der Waals surface area contributed by atoms with Crippen LogP contribution in [0.4, 0.5) is 0 Å². The summed E-state index contributed by atoms with van der Waals surface area (Å²) in [5.41, 5.74) is 11.7. The first-order chi connectivity index (χ1) is 24.8. The maximum absolute atomic E-state index is 6.30. The molecule has 0 amide bonds. The summed E-state index contributed by atoms with van der Waals surface area (Å²) in [4.78, 5) is 5.30. The average Bonchev–Trinajstić information content (AvgIpc) is 3.74. The molecule has 2 aromatic heterocycles. The van der Waals surface area contributed by atoms with Gasteiger partial charge in [0.25, 0.3) is 0 Å². The normalized spacial score (nSPS) is 14.6. The van der Waals surface area contributed by atoms with E-state index >= 15 is 0 Å². The number of rotatable bonds is 5. The van der Waals surface area contributed by atoms with Crippen LogP contribution >= 0.6 is 0 Å². The number of benzene rings is 7. The highest BCUT2D eigenvalue weighted by molar-refractivity contribution is 6.10. The van der Waals surface area contributed by atoms with Crippen molar-refractivity contribution in [3.05, 3.63) is 193 Å². The Kier molecular flexibility index (Phi) is 6.53. The van der Waals surface area contributed by atoms with E-state index in [-0.39, 0.29) is 6.04 Å². The van der Waals surface area contributed by atoms with Crippen molar-refractivity contribution < 1.29 is 4.42 Å². The van der Waals surface area contributed by atoms with Crippen LogP contribution in [-0.2, 0) is 0 Å². The van der Waals surface area contributed by atoms with Crippen LogP contribution in [0, 0.1) is 0 Å². The number of nitrogens with one attached hydrogen (secondary N) is 1. The van der Waals surface area contributed by atoms with Crippen molar-refractivity contribution in [1.82, 2.24) is 9.88 Å². The topological polar surface area (TPSA) is 42.5 Å². The average molecular weight is 642 g/mol. The highest BCUT2D eigenvalue weighted by Gasteiger charge is 2.22. The van der Waals surface area contributed by atoms with Gasteiger partial charge in [-0.2, -0.15) is 0 Å². The third-order valence-electron chi connectivity index (χ3n) is 9.83. The van der Waals surface area contributed by atoms with Gasteiger partial charge in [-0.1, -0.05) is 121 Å². The first-order valence-corrected chi connectivity index (χ1v) is 17.0. The number of hydrogen-bond acceptors (Lipinski definition) is 3. The second kappa shape index (κ2) is 11.5. The lowest BCUT2D eigenvalue weighted by molar-refractivity contribution is 0.668. The van der Waals surface area contributed by atoms with Gasteiger partial charge in [-0.3, -0.25) is 0 Å². The van der Waals surface area contributed by atoms with E-state index < -0.39 is 0 Å². The molecule has 0 radical (unpaired) electrons. The fraction of sp³-hybridized carbons (Fsp3) is 0.0217. The largest absolute Gasteiger partial charge is 0.456 e. The Morgan fingerprint density at radius 1 is 0.480 bits per heavy atom. The molecule has 0 aliphatic carbocycles. The zero-order chi connectivity index (χ0) is 33.0. The molecule has 10 rings (SSSR count). The van der Waals surface area contributed by atoms with E-state index in [1.165, 1.54) is 38.5 Å². The highest BCUT2D eigenvalue weighted by Crippen LogP contribution is 2.36. The molecule has 1 aliphatic rings. The zero-order valence-electron chi connectivity index (χ0n) is 27.1. The van der Waals surface area contributed by atoms with Gasteiger partial charge in [-0.05, 0) is 71.3 Å². The summed E-state index contributed by atoms with van der Waals surface area (Å²) in [6, 6.07) is 59.8. The quantitative estimate of drug-likeness (QED) is 0.203. The van der Waals surface area contributed by atoms with Gasteiger partial charge in [0.2, 0.25) is 0 Å². The molecule has 1 atom stereocenters. The van der Waals surface area contributed by atoms with Crippen LogP contribution in [0.25, 0.3) is 66.3 Å². The number of nitrogens with zero attached hydrogens (tertiary/aromatic N) is 2. The Bertz CT molecular complexity index is 2750.